The van der Waals surface area contributed by atoms with Crippen molar-refractivity contribution in [2.24, 2.45) is 5.73 Å². The molecule has 0 unspecified atom stereocenters. The maximum absolute atomic E-state index is 12.5. The summed E-state index contributed by atoms with van der Waals surface area (Å²) in [5.41, 5.74) is 9.64. The van der Waals surface area contributed by atoms with Crippen molar-refractivity contribution in [2.75, 3.05) is 43.4 Å². The van der Waals surface area contributed by atoms with Gasteiger partial charge in [-0.05, 0) is 55.4 Å². The molecule has 148 valence electrons. The third-order valence-corrected chi connectivity index (χ3v) is 4.98. The van der Waals surface area contributed by atoms with Crippen molar-refractivity contribution in [3.8, 4) is 0 Å². The van der Waals surface area contributed by atoms with E-state index in [4.69, 9.17) is 5.73 Å². The van der Waals surface area contributed by atoms with Crippen LogP contribution in [0, 0.1) is 6.92 Å². The van der Waals surface area contributed by atoms with Crippen molar-refractivity contribution < 1.29 is 9.59 Å². The molecule has 0 aromatic heterocycles. The lowest BCUT2D eigenvalue weighted by atomic mass is 10.1. The van der Waals surface area contributed by atoms with E-state index in [0.717, 1.165) is 43.0 Å². The fourth-order valence-electron chi connectivity index (χ4n) is 3.30. The van der Waals surface area contributed by atoms with Gasteiger partial charge in [0.25, 0.3) is 5.91 Å². The van der Waals surface area contributed by atoms with E-state index in [1.165, 1.54) is 5.69 Å². The van der Waals surface area contributed by atoms with Crippen LogP contribution in [-0.4, -0.2) is 50.1 Å². The number of likely N-dealkylation sites (N-methyl/N-ethyl adjacent to an activating group) is 1. The molecule has 3 amide bonds. The van der Waals surface area contributed by atoms with E-state index >= 15 is 0 Å². The van der Waals surface area contributed by atoms with Gasteiger partial charge in [-0.2, -0.15) is 0 Å². The molecule has 2 aromatic carbocycles. The standard InChI is InChI=1S/C21H27N5O2/c1-15-13-18(7-8-19(15)26-11-9-25(2)10-12-26)24-20(27)17-5-3-16(4-6-17)14-23-21(22)28/h3-8,13H,9-12,14H2,1-2H3,(H,24,27)(H3,22,23,28). The largest absolute Gasteiger partial charge is 0.369 e. The molecule has 0 aliphatic carbocycles. The van der Waals surface area contributed by atoms with Crippen LogP contribution in [0.4, 0.5) is 16.2 Å². The Hall–Kier alpha value is -3.06. The van der Waals surface area contributed by atoms with Crippen molar-refractivity contribution in [3.63, 3.8) is 0 Å². The van der Waals surface area contributed by atoms with E-state index in [0.29, 0.717) is 12.1 Å². The van der Waals surface area contributed by atoms with E-state index in [1.54, 1.807) is 24.3 Å². The molecule has 2 aromatic rings. The summed E-state index contributed by atoms with van der Waals surface area (Å²) in [5, 5.41) is 5.47. The summed E-state index contributed by atoms with van der Waals surface area (Å²) >= 11 is 0. The van der Waals surface area contributed by atoms with E-state index in [9.17, 15) is 9.59 Å². The number of nitrogens with zero attached hydrogens (tertiary/aromatic N) is 2. The number of nitrogens with two attached hydrogens (primary N) is 1. The van der Waals surface area contributed by atoms with Crippen molar-refractivity contribution in [2.45, 2.75) is 13.5 Å². The lowest BCUT2D eigenvalue weighted by molar-refractivity contribution is 0.102. The minimum Gasteiger partial charge on any atom is -0.369 e. The van der Waals surface area contributed by atoms with Crippen LogP contribution in [0.1, 0.15) is 21.5 Å². The fraction of sp³-hybridized carbons (Fsp3) is 0.333. The molecule has 3 rings (SSSR count). The average molecular weight is 381 g/mol. The number of rotatable bonds is 5. The fourth-order valence-corrected chi connectivity index (χ4v) is 3.30. The average Bonchev–Trinajstić information content (AvgIpc) is 2.68. The molecule has 4 N–H and O–H groups in total. The number of benzene rings is 2. The molecular weight excluding hydrogens is 354 g/mol. The van der Waals surface area contributed by atoms with Crippen LogP contribution in [0.25, 0.3) is 0 Å². The minimum atomic E-state index is -0.572. The van der Waals surface area contributed by atoms with Gasteiger partial charge in [0.2, 0.25) is 0 Å². The predicted molar refractivity (Wildman–Crippen MR) is 112 cm³/mol. The first-order valence-electron chi connectivity index (χ1n) is 9.40. The normalized spacial score (nSPS) is 14.6. The summed E-state index contributed by atoms with van der Waals surface area (Å²) in [5.74, 6) is -0.166. The molecule has 7 heteroatoms. The number of anilines is 2. The molecular formula is C21H27N5O2. The van der Waals surface area contributed by atoms with Crippen LogP contribution in [-0.2, 0) is 6.54 Å². The lowest BCUT2D eigenvalue weighted by Crippen LogP contribution is -2.44. The van der Waals surface area contributed by atoms with E-state index in [-0.39, 0.29) is 5.91 Å². The second-order valence-electron chi connectivity index (χ2n) is 7.16. The highest BCUT2D eigenvalue weighted by atomic mass is 16.2. The molecule has 0 radical (unpaired) electrons. The van der Waals surface area contributed by atoms with E-state index in [1.807, 2.05) is 12.1 Å². The van der Waals surface area contributed by atoms with Gasteiger partial charge in [0.05, 0.1) is 0 Å². The van der Waals surface area contributed by atoms with Crippen molar-refractivity contribution >= 4 is 23.3 Å². The van der Waals surface area contributed by atoms with Gasteiger partial charge < -0.3 is 26.2 Å². The number of amides is 3. The highest BCUT2D eigenvalue weighted by Crippen LogP contribution is 2.25. The number of urea groups is 1. The summed E-state index contributed by atoms with van der Waals surface area (Å²) in [6.07, 6.45) is 0. The first-order chi connectivity index (χ1) is 13.4. The van der Waals surface area contributed by atoms with Gasteiger partial charge in [-0.3, -0.25) is 4.79 Å². The van der Waals surface area contributed by atoms with Gasteiger partial charge in [-0.15, -0.1) is 0 Å². The quantitative estimate of drug-likeness (QED) is 0.740. The maximum Gasteiger partial charge on any atom is 0.312 e. The molecule has 1 saturated heterocycles. The number of piperazine rings is 1. The Morgan fingerprint density at radius 3 is 2.32 bits per heavy atom. The zero-order valence-corrected chi connectivity index (χ0v) is 16.4. The smallest absolute Gasteiger partial charge is 0.312 e. The van der Waals surface area contributed by atoms with Crippen LogP contribution in [0.15, 0.2) is 42.5 Å². The number of nitrogens with one attached hydrogen (secondary N) is 2. The lowest BCUT2D eigenvalue weighted by Gasteiger charge is -2.35. The number of aryl methyl sites for hydroxylation is 1. The maximum atomic E-state index is 12.5. The number of carbonyl (C=O) groups excluding carboxylic acids is 2. The summed E-state index contributed by atoms with van der Waals surface area (Å²) in [6, 6.07) is 12.5. The van der Waals surface area contributed by atoms with Crippen molar-refractivity contribution in [1.82, 2.24) is 10.2 Å². The molecule has 7 nitrogen and oxygen atoms in total. The Morgan fingerprint density at radius 1 is 1.04 bits per heavy atom. The number of primary amides is 1. The van der Waals surface area contributed by atoms with Crippen LogP contribution < -0.4 is 21.3 Å². The highest BCUT2D eigenvalue weighted by molar-refractivity contribution is 6.04. The summed E-state index contributed by atoms with van der Waals surface area (Å²) < 4.78 is 0. The third-order valence-electron chi connectivity index (χ3n) is 4.98. The Kier molecular flexibility index (Phi) is 6.16. The molecule has 0 bridgehead atoms. The minimum absolute atomic E-state index is 0.166. The molecule has 1 aliphatic heterocycles. The molecule has 0 atom stereocenters. The Labute approximate surface area is 165 Å². The van der Waals surface area contributed by atoms with E-state index in [2.05, 4.69) is 40.5 Å². The molecule has 1 fully saturated rings. The van der Waals surface area contributed by atoms with Gasteiger partial charge >= 0.3 is 6.03 Å². The van der Waals surface area contributed by atoms with E-state index < -0.39 is 6.03 Å². The molecule has 1 heterocycles. The van der Waals surface area contributed by atoms with Crippen molar-refractivity contribution in [1.29, 1.82) is 0 Å². The Balaban J connectivity index is 1.62. The first kappa shape index (κ1) is 19.7. The van der Waals surface area contributed by atoms with Crippen molar-refractivity contribution in [3.05, 3.63) is 59.2 Å². The van der Waals surface area contributed by atoms with Crippen LogP contribution in [0.3, 0.4) is 0 Å². The first-order valence-corrected chi connectivity index (χ1v) is 9.40. The zero-order valence-electron chi connectivity index (χ0n) is 16.4. The SMILES string of the molecule is Cc1cc(NC(=O)c2ccc(CNC(N)=O)cc2)ccc1N1CCN(C)CC1. The topological polar surface area (TPSA) is 90.7 Å². The summed E-state index contributed by atoms with van der Waals surface area (Å²) in [7, 11) is 2.14. The van der Waals surface area contributed by atoms with Crippen LogP contribution in [0.2, 0.25) is 0 Å². The monoisotopic (exact) mass is 381 g/mol. The van der Waals surface area contributed by atoms with Gasteiger partial charge in [0.15, 0.2) is 0 Å². The van der Waals surface area contributed by atoms with Gasteiger partial charge in [-0.1, -0.05) is 12.1 Å². The van der Waals surface area contributed by atoms with Gasteiger partial charge in [-0.25, -0.2) is 4.79 Å². The predicted octanol–water partition coefficient (Wildman–Crippen LogP) is 2.17. The summed E-state index contributed by atoms with van der Waals surface area (Å²) in [4.78, 5) is 28.0. The van der Waals surface area contributed by atoms with Crippen LogP contribution >= 0.6 is 0 Å². The molecule has 1 aliphatic rings. The number of carbonyl (C=O) groups is 2. The summed E-state index contributed by atoms with van der Waals surface area (Å²) in [6.45, 7) is 6.56. The second kappa shape index (κ2) is 8.75. The molecule has 0 spiro atoms. The van der Waals surface area contributed by atoms with Gasteiger partial charge in [0, 0.05) is 49.7 Å². The Bertz CT molecular complexity index is 842. The molecule has 28 heavy (non-hydrogen) atoms. The second-order valence-corrected chi connectivity index (χ2v) is 7.16. The Morgan fingerprint density at radius 2 is 1.71 bits per heavy atom. The van der Waals surface area contributed by atoms with Crippen LogP contribution in [0.5, 0.6) is 0 Å². The number of hydrogen-bond donors (Lipinski definition) is 3. The third kappa shape index (κ3) is 5.01. The van der Waals surface area contributed by atoms with Gasteiger partial charge in [0.1, 0.15) is 0 Å². The number of hydrogen-bond acceptors (Lipinski definition) is 4. The zero-order chi connectivity index (χ0) is 20.1. The highest BCUT2D eigenvalue weighted by Gasteiger charge is 2.16. The molecule has 0 saturated carbocycles.